The van der Waals surface area contributed by atoms with Crippen LogP contribution in [0.2, 0.25) is 0 Å². The smallest absolute Gasteiger partial charge is 0.0783 e. The van der Waals surface area contributed by atoms with Crippen LogP contribution in [0.3, 0.4) is 0 Å². The van der Waals surface area contributed by atoms with E-state index in [1.807, 2.05) is 60.7 Å². The fourth-order valence-corrected chi connectivity index (χ4v) is 1.43. The molecule has 3 heteroatoms. The molecule has 0 fully saturated rings. The monoisotopic (exact) mass is 230 g/mol. The quantitative estimate of drug-likeness (QED) is 0.446. The molecule has 0 N–H and O–H groups in total. The number of hydrazone groups is 1. The van der Waals surface area contributed by atoms with Gasteiger partial charge in [-0.05, 0) is 17.7 Å². The van der Waals surface area contributed by atoms with Gasteiger partial charge in [0.1, 0.15) is 0 Å². The molecule has 0 bridgehead atoms. The molecule has 0 heterocycles. The number of nitrogens with zero attached hydrogens (tertiary/aromatic N) is 2. The molecule has 2 rings (SSSR count). The van der Waals surface area contributed by atoms with E-state index in [-0.39, 0.29) is 0 Å². The molecule has 0 atom stereocenters. The van der Waals surface area contributed by atoms with Gasteiger partial charge < -0.3 is 0 Å². The third-order valence-corrected chi connectivity index (χ3v) is 2.36. The fraction of sp³-hybridized carbons (Fsp3) is 0. The lowest BCUT2D eigenvalue weighted by Gasteiger charge is -2.07. The Bertz CT molecular complexity index is 454. The molecule has 2 nitrogen and oxygen atoms in total. The Morgan fingerprint density at radius 2 is 1.44 bits per heavy atom. The van der Waals surface area contributed by atoms with Gasteiger partial charge in [-0.2, -0.15) is 9.63 Å². The number of anilines is 1. The normalized spacial score (nSPS) is 10.6. The third kappa shape index (κ3) is 2.84. The Labute approximate surface area is 99.9 Å². The Balaban J connectivity index is 2.08. The van der Waals surface area contributed by atoms with Crippen molar-refractivity contribution in [3.8, 4) is 0 Å². The molecule has 2 aromatic rings. The van der Waals surface area contributed by atoms with Crippen molar-refractivity contribution in [2.75, 3.05) is 4.53 Å². The molecule has 0 saturated carbocycles. The van der Waals surface area contributed by atoms with Gasteiger partial charge in [-0.25, -0.2) is 0 Å². The number of para-hydroxylation sites is 1. The summed E-state index contributed by atoms with van der Waals surface area (Å²) < 4.78 is 1.33. The van der Waals surface area contributed by atoms with Crippen LogP contribution in [0.25, 0.3) is 0 Å². The van der Waals surface area contributed by atoms with Gasteiger partial charge in [-0.1, -0.05) is 48.5 Å². The molecule has 0 aliphatic rings. The number of hydrogen-bond acceptors (Lipinski definition) is 2. The minimum atomic E-state index is 0.844. The second-order valence-electron chi connectivity index (χ2n) is 3.25. The van der Waals surface area contributed by atoms with Gasteiger partial charge in [0.15, 0.2) is 0 Å². The summed E-state index contributed by atoms with van der Waals surface area (Å²) in [6, 6.07) is 19.4. The first-order valence-corrected chi connectivity index (χ1v) is 5.30. The maximum absolute atomic E-state index is 5.99. The van der Waals surface area contributed by atoms with Crippen molar-refractivity contribution in [3.63, 3.8) is 0 Å². The van der Waals surface area contributed by atoms with Gasteiger partial charge in [0.25, 0.3) is 0 Å². The van der Waals surface area contributed by atoms with Gasteiger partial charge in [0.05, 0.1) is 11.9 Å². The second kappa shape index (κ2) is 5.33. The van der Waals surface area contributed by atoms with Crippen LogP contribution in [-0.2, 0) is 0 Å². The Morgan fingerprint density at radius 1 is 0.875 bits per heavy atom. The van der Waals surface area contributed by atoms with E-state index in [1.54, 1.807) is 6.21 Å². The predicted octanol–water partition coefficient (Wildman–Crippen LogP) is 3.68. The van der Waals surface area contributed by atoms with E-state index in [0.717, 1.165) is 11.3 Å². The van der Waals surface area contributed by atoms with Gasteiger partial charge in [-0.15, -0.1) is 0 Å². The van der Waals surface area contributed by atoms with Crippen molar-refractivity contribution in [2.45, 2.75) is 0 Å². The zero-order valence-corrected chi connectivity index (χ0v) is 9.38. The van der Waals surface area contributed by atoms with Gasteiger partial charge in [0, 0.05) is 11.8 Å². The van der Waals surface area contributed by atoms with E-state index in [1.165, 1.54) is 4.53 Å². The van der Waals surface area contributed by atoms with Crippen LogP contribution < -0.4 is 4.53 Å². The summed E-state index contributed by atoms with van der Waals surface area (Å²) in [4.78, 5) is 0. The second-order valence-corrected chi connectivity index (χ2v) is 3.57. The van der Waals surface area contributed by atoms with Crippen LogP contribution in [0, 0.1) is 0 Å². The topological polar surface area (TPSA) is 15.6 Å². The van der Waals surface area contributed by atoms with Crippen molar-refractivity contribution in [2.24, 2.45) is 5.10 Å². The number of hydrogen-bond donors (Lipinski definition) is 0. The average Bonchev–Trinajstić information content (AvgIpc) is 2.38. The van der Waals surface area contributed by atoms with Crippen molar-refractivity contribution < 1.29 is 0 Å². The van der Waals surface area contributed by atoms with Gasteiger partial charge in [0.2, 0.25) is 0 Å². The standard InChI is InChI=1S/C13H11ClN2/c14-16(13-9-5-2-6-10-13)15-11-12-7-3-1-4-8-12/h1-11H. The summed E-state index contributed by atoms with van der Waals surface area (Å²) in [5.41, 5.74) is 1.86. The highest BCUT2D eigenvalue weighted by Gasteiger charge is 1.97. The molecule has 0 unspecified atom stereocenters. The van der Waals surface area contributed by atoms with E-state index in [4.69, 9.17) is 11.8 Å². The molecule has 0 aliphatic heterocycles. The fourth-order valence-electron chi connectivity index (χ4n) is 1.27. The summed E-state index contributed by atoms with van der Waals surface area (Å²) in [6.07, 6.45) is 1.72. The number of halogens is 1. The summed E-state index contributed by atoms with van der Waals surface area (Å²) in [5, 5.41) is 4.14. The minimum Gasteiger partial charge on any atom is -0.173 e. The SMILES string of the molecule is ClN(N=Cc1ccccc1)c1ccccc1. The summed E-state index contributed by atoms with van der Waals surface area (Å²) in [7, 11) is 0. The molecule has 0 radical (unpaired) electrons. The first kappa shape index (κ1) is 10.7. The molecular weight excluding hydrogens is 220 g/mol. The van der Waals surface area contributed by atoms with Crippen LogP contribution in [0.1, 0.15) is 5.56 Å². The van der Waals surface area contributed by atoms with Gasteiger partial charge in [-0.3, -0.25) is 0 Å². The molecule has 0 spiro atoms. The zero-order chi connectivity index (χ0) is 11.2. The van der Waals surface area contributed by atoms with E-state index < -0.39 is 0 Å². The third-order valence-electron chi connectivity index (χ3n) is 2.08. The van der Waals surface area contributed by atoms with E-state index in [2.05, 4.69) is 5.10 Å². The van der Waals surface area contributed by atoms with Crippen molar-refractivity contribution in [1.29, 1.82) is 0 Å². The van der Waals surface area contributed by atoms with Crippen LogP contribution in [0.4, 0.5) is 5.69 Å². The average molecular weight is 231 g/mol. The molecular formula is C13H11ClN2. The van der Waals surface area contributed by atoms with Crippen LogP contribution in [0.5, 0.6) is 0 Å². The summed E-state index contributed by atoms with van der Waals surface area (Å²) in [6.45, 7) is 0. The molecule has 16 heavy (non-hydrogen) atoms. The zero-order valence-electron chi connectivity index (χ0n) is 8.62. The molecule has 80 valence electrons. The van der Waals surface area contributed by atoms with Crippen LogP contribution in [-0.4, -0.2) is 6.21 Å². The van der Waals surface area contributed by atoms with Crippen molar-refractivity contribution in [1.82, 2.24) is 0 Å². The first-order chi connectivity index (χ1) is 7.86. The molecule has 0 aromatic heterocycles. The molecule has 2 aromatic carbocycles. The highest BCUT2D eigenvalue weighted by atomic mass is 35.5. The lowest BCUT2D eigenvalue weighted by atomic mass is 10.2. The Morgan fingerprint density at radius 3 is 2.06 bits per heavy atom. The lowest BCUT2D eigenvalue weighted by molar-refractivity contribution is 1.20. The van der Waals surface area contributed by atoms with E-state index in [0.29, 0.717) is 0 Å². The van der Waals surface area contributed by atoms with Crippen LogP contribution >= 0.6 is 11.8 Å². The molecule has 0 saturated heterocycles. The van der Waals surface area contributed by atoms with E-state index in [9.17, 15) is 0 Å². The lowest BCUT2D eigenvalue weighted by Crippen LogP contribution is -2.00. The maximum Gasteiger partial charge on any atom is 0.0783 e. The highest BCUT2D eigenvalue weighted by molar-refractivity contribution is 6.25. The largest absolute Gasteiger partial charge is 0.173 e. The van der Waals surface area contributed by atoms with Gasteiger partial charge >= 0.3 is 0 Å². The first-order valence-electron chi connectivity index (χ1n) is 4.96. The van der Waals surface area contributed by atoms with E-state index >= 15 is 0 Å². The molecule has 0 amide bonds. The Kier molecular flexibility index (Phi) is 3.57. The Hall–Kier alpha value is -1.80. The predicted molar refractivity (Wildman–Crippen MR) is 68.8 cm³/mol. The number of rotatable bonds is 3. The van der Waals surface area contributed by atoms with Crippen molar-refractivity contribution >= 4 is 23.7 Å². The summed E-state index contributed by atoms with van der Waals surface area (Å²) >= 11 is 5.99. The summed E-state index contributed by atoms with van der Waals surface area (Å²) in [5.74, 6) is 0. The highest BCUT2D eigenvalue weighted by Crippen LogP contribution is 2.15. The number of benzene rings is 2. The van der Waals surface area contributed by atoms with Crippen LogP contribution in [0.15, 0.2) is 65.8 Å². The molecule has 0 aliphatic carbocycles. The maximum atomic E-state index is 5.99. The minimum absolute atomic E-state index is 0.844. The van der Waals surface area contributed by atoms with Crippen molar-refractivity contribution in [3.05, 3.63) is 66.2 Å².